The fraction of sp³-hybridized carbons (Fsp3) is 0.250. The zero-order valence-corrected chi connectivity index (χ0v) is 16.1. The number of hydrogen-bond donors (Lipinski definition) is 2. The predicted octanol–water partition coefficient (Wildman–Crippen LogP) is 2.92. The third kappa shape index (κ3) is 3.60. The Labute approximate surface area is 165 Å². The van der Waals surface area contributed by atoms with Crippen molar-refractivity contribution in [3.05, 3.63) is 69.7 Å². The molecule has 2 fully saturated rings. The molecule has 2 aromatic rings. The number of nitrogens with one attached hydrogen (secondary N) is 2. The summed E-state index contributed by atoms with van der Waals surface area (Å²) >= 11 is 3.43. The zero-order chi connectivity index (χ0) is 19.0. The summed E-state index contributed by atoms with van der Waals surface area (Å²) in [6.07, 6.45) is 1.84. The van der Waals surface area contributed by atoms with E-state index in [4.69, 9.17) is 0 Å². The van der Waals surface area contributed by atoms with E-state index in [9.17, 15) is 14.4 Å². The van der Waals surface area contributed by atoms with Crippen LogP contribution in [-0.2, 0) is 16.9 Å². The summed E-state index contributed by atoms with van der Waals surface area (Å²) in [6.45, 7) is 0.243. The van der Waals surface area contributed by atoms with Crippen LogP contribution < -0.4 is 10.6 Å². The van der Waals surface area contributed by atoms with Crippen LogP contribution in [0, 0.1) is 0 Å². The van der Waals surface area contributed by atoms with Crippen LogP contribution in [0.25, 0.3) is 0 Å². The van der Waals surface area contributed by atoms with Gasteiger partial charge in [-0.1, -0.05) is 40.2 Å². The Hall–Kier alpha value is -2.67. The normalized spacial score (nSPS) is 17.6. The van der Waals surface area contributed by atoms with Crippen LogP contribution in [0.1, 0.15) is 34.3 Å². The van der Waals surface area contributed by atoms with Crippen LogP contribution >= 0.6 is 15.9 Å². The Bertz CT molecular complexity index is 889. The number of nitrogens with zero attached hydrogens (tertiary/aromatic N) is 1. The highest BCUT2D eigenvalue weighted by Gasteiger charge is 2.45. The second-order valence-corrected chi connectivity index (χ2v) is 7.79. The first-order valence-corrected chi connectivity index (χ1v) is 9.52. The van der Waals surface area contributed by atoms with Gasteiger partial charge in [-0.15, -0.1) is 0 Å². The number of amides is 4. The molecule has 0 atom stereocenters. The maximum atomic E-state index is 12.7. The zero-order valence-electron chi connectivity index (χ0n) is 14.5. The van der Waals surface area contributed by atoms with E-state index in [0.29, 0.717) is 5.56 Å². The molecule has 138 valence electrons. The molecule has 2 aromatic carbocycles. The summed E-state index contributed by atoms with van der Waals surface area (Å²) in [5.74, 6) is -0.371. The van der Waals surface area contributed by atoms with Gasteiger partial charge in [0.1, 0.15) is 0 Å². The SMILES string of the molecule is O=C(NC1(c2ccc(Br)cc2)CC1)c1ccc(CN2C(=O)CNC2=O)cc1. The lowest BCUT2D eigenvalue weighted by atomic mass is 10.0. The Morgan fingerprint density at radius 3 is 2.30 bits per heavy atom. The lowest BCUT2D eigenvalue weighted by Crippen LogP contribution is -2.34. The number of carbonyl (C=O) groups is 3. The van der Waals surface area contributed by atoms with Gasteiger partial charge >= 0.3 is 6.03 Å². The lowest BCUT2D eigenvalue weighted by molar-refractivity contribution is -0.125. The van der Waals surface area contributed by atoms with Gasteiger partial charge in [-0.2, -0.15) is 0 Å². The molecule has 1 saturated carbocycles. The third-order valence-electron chi connectivity index (χ3n) is 4.99. The van der Waals surface area contributed by atoms with Crippen LogP contribution in [-0.4, -0.2) is 29.3 Å². The van der Waals surface area contributed by atoms with E-state index in [1.807, 2.05) is 24.3 Å². The van der Waals surface area contributed by atoms with E-state index < -0.39 is 0 Å². The van der Waals surface area contributed by atoms with Crippen molar-refractivity contribution in [1.29, 1.82) is 0 Å². The van der Waals surface area contributed by atoms with Gasteiger partial charge in [-0.3, -0.25) is 14.5 Å². The molecule has 0 unspecified atom stereocenters. The first kappa shape index (κ1) is 17.7. The molecule has 1 aliphatic heterocycles. The largest absolute Gasteiger partial charge is 0.343 e. The van der Waals surface area contributed by atoms with Crippen molar-refractivity contribution in [2.24, 2.45) is 0 Å². The number of halogens is 1. The average Bonchev–Trinajstić information content (AvgIpc) is 3.38. The van der Waals surface area contributed by atoms with Crippen molar-refractivity contribution in [2.45, 2.75) is 24.9 Å². The molecule has 0 radical (unpaired) electrons. The van der Waals surface area contributed by atoms with Crippen molar-refractivity contribution in [1.82, 2.24) is 15.5 Å². The van der Waals surface area contributed by atoms with E-state index in [-0.39, 0.29) is 36.5 Å². The Morgan fingerprint density at radius 1 is 1.07 bits per heavy atom. The Kier molecular flexibility index (Phi) is 4.47. The van der Waals surface area contributed by atoms with Crippen molar-refractivity contribution in [2.75, 3.05) is 6.54 Å². The molecular formula is C20H18BrN3O3. The Balaban J connectivity index is 1.43. The number of carbonyl (C=O) groups excluding carboxylic acids is 3. The first-order valence-electron chi connectivity index (χ1n) is 8.73. The monoisotopic (exact) mass is 427 g/mol. The summed E-state index contributed by atoms with van der Waals surface area (Å²) < 4.78 is 1.01. The summed E-state index contributed by atoms with van der Waals surface area (Å²) in [6, 6.07) is 14.6. The Morgan fingerprint density at radius 2 is 1.74 bits per heavy atom. The standard InChI is InChI=1S/C20H18BrN3O3/c21-16-7-5-15(6-8-16)20(9-10-20)23-18(26)14-3-1-13(2-4-14)12-24-17(25)11-22-19(24)27/h1-8H,9-12H2,(H,22,27)(H,23,26). The van der Waals surface area contributed by atoms with Gasteiger partial charge in [-0.25, -0.2) is 4.79 Å². The van der Waals surface area contributed by atoms with E-state index in [1.165, 1.54) is 4.90 Å². The minimum absolute atomic E-state index is 0.0391. The minimum Gasteiger partial charge on any atom is -0.343 e. The maximum absolute atomic E-state index is 12.7. The number of urea groups is 1. The van der Waals surface area contributed by atoms with Gasteiger partial charge < -0.3 is 10.6 Å². The number of benzene rings is 2. The fourth-order valence-electron chi connectivity index (χ4n) is 3.23. The summed E-state index contributed by atoms with van der Waals surface area (Å²) in [4.78, 5) is 37.1. The highest BCUT2D eigenvalue weighted by atomic mass is 79.9. The maximum Gasteiger partial charge on any atom is 0.324 e. The smallest absolute Gasteiger partial charge is 0.324 e. The molecule has 1 aliphatic carbocycles. The highest BCUT2D eigenvalue weighted by Crippen LogP contribution is 2.45. The summed E-state index contributed by atoms with van der Waals surface area (Å²) in [5.41, 5.74) is 2.18. The molecule has 2 aliphatic rings. The number of hydrogen-bond acceptors (Lipinski definition) is 3. The quantitative estimate of drug-likeness (QED) is 0.719. The van der Waals surface area contributed by atoms with E-state index in [1.54, 1.807) is 24.3 Å². The molecule has 0 bridgehead atoms. The van der Waals surface area contributed by atoms with E-state index >= 15 is 0 Å². The van der Waals surface area contributed by atoms with Gasteiger partial charge in [0.05, 0.1) is 18.6 Å². The molecule has 0 aromatic heterocycles. The molecule has 7 heteroatoms. The van der Waals surface area contributed by atoms with Crippen LogP contribution in [0.3, 0.4) is 0 Å². The highest BCUT2D eigenvalue weighted by molar-refractivity contribution is 9.10. The minimum atomic E-state index is -0.382. The fourth-order valence-corrected chi connectivity index (χ4v) is 3.49. The molecule has 1 saturated heterocycles. The first-order chi connectivity index (χ1) is 13.0. The van der Waals surface area contributed by atoms with Crippen molar-refractivity contribution in [3.8, 4) is 0 Å². The number of imide groups is 1. The molecule has 4 rings (SSSR count). The molecule has 6 nitrogen and oxygen atoms in total. The van der Waals surface area contributed by atoms with Crippen molar-refractivity contribution in [3.63, 3.8) is 0 Å². The van der Waals surface area contributed by atoms with Crippen molar-refractivity contribution >= 4 is 33.8 Å². The molecule has 2 N–H and O–H groups in total. The summed E-state index contributed by atoms with van der Waals surface area (Å²) in [7, 11) is 0. The van der Waals surface area contributed by atoms with Gasteiger partial charge in [-0.05, 0) is 48.2 Å². The molecule has 0 spiro atoms. The second-order valence-electron chi connectivity index (χ2n) is 6.88. The predicted molar refractivity (Wildman–Crippen MR) is 103 cm³/mol. The molecule has 1 heterocycles. The lowest BCUT2D eigenvalue weighted by Gasteiger charge is -2.18. The van der Waals surface area contributed by atoms with Crippen LogP contribution in [0.15, 0.2) is 53.0 Å². The van der Waals surface area contributed by atoms with Gasteiger partial charge in [0, 0.05) is 10.0 Å². The van der Waals surface area contributed by atoms with E-state index in [2.05, 4.69) is 26.6 Å². The summed E-state index contributed by atoms with van der Waals surface area (Å²) in [5, 5.41) is 5.63. The molecule has 27 heavy (non-hydrogen) atoms. The van der Waals surface area contributed by atoms with Crippen LogP contribution in [0.4, 0.5) is 4.79 Å². The van der Waals surface area contributed by atoms with Gasteiger partial charge in [0.25, 0.3) is 5.91 Å². The van der Waals surface area contributed by atoms with Gasteiger partial charge in [0.2, 0.25) is 5.91 Å². The van der Waals surface area contributed by atoms with E-state index in [0.717, 1.165) is 28.4 Å². The van der Waals surface area contributed by atoms with Crippen LogP contribution in [0.5, 0.6) is 0 Å². The molecule has 4 amide bonds. The molecular weight excluding hydrogens is 410 g/mol. The van der Waals surface area contributed by atoms with Gasteiger partial charge in [0.15, 0.2) is 0 Å². The second kappa shape index (κ2) is 6.81. The third-order valence-corrected chi connectivity index (χ3v) is 5.52. The van der Waals surface area contributed by atoms with Crippen molar-refractivity contribution < 1.29 is 14.4 Å². The van der Waals surface area contributed by atoms with Crippen LogP contribution in [0.2, 0.25) is 0 Å². The number of rotatable bonds is 5. The average molecular weight is 428 g/mol. The topological polar surface area (TPSA) is 78.5 Å².